The van der Waals surface area contributed by atoms with Crippen LogP contribution in [0.3, 0.4) is 0 Å². The van der Waals surface area contributed by atoms with Crippen LogP contribution in [0.4, 0.5) is 0 Å². The van der Waals surface area contributed by atoms with E-state index in [0.717, 1.165) is 14.7 Å². The summed E-state index contributed by atoms with van der Waals surface area (Å²) in [6, 6.07) is 4.23. The highest BCUT2D eigenvalue weighted by molar-refractivity contribution is 9.10. The van der Waals surface area contributed by atoms with E-state index in [2.05, 4.69) is 62.0 Å². The predicted octanol–water partition coefficient (Wildman–Crippen LogP) is 4.85. The summed E-state index contributed by atoms with van der Waals surface area (Å²) in [6.45, 7) is 0. The van der Waals surface area contributed by atoms with Crippen molar-refractivity contribution in [3.05, 3.63) is 27.5 Å². The molecule has 0 aliphatic carbocycles. The second-order valence-electron chi connectivity index (χ2n) is 2.66. The minimum atomic E-state index is 0.886. The standard InChI is InChI=1S/C9H6Br2S2/c10-4-5-3-7(11)8(12)6-1-2-13-9(5)6/h1-3,12H,4H2. The lowest BCUT2D eigenvalue weighted by atomic mass is 10.2. The maximum atomic E-state index is 4.46. The zero-order chi connectivity index (χ0) is 9.42. The summed E-state index contributed by atoms with van der Waals surface area (Å²) < 4.78 is 2.39. The SMILES string of the molecule is Sc1c(Br)cc(CBr)c2sccc12. The number of alkyl halides is 1. The molecular formula is C9H6Br2S2. The van der Waals surface area contributed by atoms with Crippen molar-refractivity contribution >= 4 is 65.9 Å². The monoisotopic (exact) mass is 336 g/mol. The first-order valence-corrected chi connectivity index (χ1v) is 6.91. The third-order valence-electron chi connectivity index (χ3n) is 1.88. The first-order chi connectivity index (χ1) is 6.24. The van der Waals surface area contributed by atoms with Gasteiger partial charge in [0.15, 0.2) is 0 Å². The van der Waals surface area contributed by atoms with Gasteiger partial charge < -0.3 is 0 Å². The lowest BCUT2D eigenvalue weighted by Crippen LogP contribution is -1.80. The average Bonchev–Trinajstić information content (AvgIpc) is 2.60. The first kappa shape index (κ1) is 10.0. The van der Waals surface area contributed by atoms with Gasteiger partial charge in [0.1, 0.15) is 0 Å². The van der Waals surface area contributed by atoms with Crippen LogP contribution in [-0.4, -0.2) is 0 Å². The summed E-state index contributed by atoms with van der Waals surface area (Å²) in [6.07, 6.45) is 0. The molecule has 0 aliphatic rings. The van der Waals surface area contributed by atoms with Crippen molar-refractivity contribution in [2.45, 2.75) is 10.2 Å². The molecule has 0 atom stereocenters. The van der Waals surface area contributed by atoms with Gasteiger partial charge in [0.25, 0.3) is 0 Å². The van der Waals surface area contributed by atoms with Crippen LogP contribution in [0.15, 0.2) is 26.9 Å². The van der Waals surface area contributed by atoms with E-state index in [0.29, 0.717) is 0 Å². The summed E-state index contributed by atoms with van der Waals surface area (Å²) in [5.41, 5.74) is 1.31. The summed E-state index contributed by atoms with van der Waals surface area (Å²) >= 11 is 13.2. The van der Waals surface area contributed by atoms with Gasteiger partial charge in [-0.1, -0.05) is 15.9 Å². The van der Waals surface area contributed by atoms with Gasteiger partial charge in [-0.15, -0.1) is 24.0 Å². The lowest BCUT2D eigenvalue weighted by molar-refractivity contribution is 1.42. The van der Waals surface area contributed by atoms with Crippen LogP contribution in [0.2, 0.25) is 0 Å². The Kier molecular flexibility index (Phi) is 3.03. The molecule has 0 amide bonds. The number of hydrogen-bond acceptors (Lipinski definition) is 2. The molecule has 1 aromatic heterocycles. The molecule has 4 heteroatoms. The van der Waals surface area contributed by atoms with E-state index < -0.39 is 0 Å². The molecule has 13 heavy (non-hydrogen) atoms. The third kappa shape index (κ3) is 1.69. The summed E-state index contributed by atoms with van der Waals surface area (Å²) in [5.74, 6) is 0. The van der Waals surface area contributed by atoms with Crippen molar-refractivity contribution in [2.75, 3.05) is 0 Å². The van der Waals surface area contributed by atoms with Crippen LogP contribution < -0.4 is 0 Å². The van der Waals surface area contributed by atoms with E-state index in [4.69, 9.17) is 0 Å². The van der Waals surface area contributed by atoms with E-state index in [1.807, 2.05) is 0 Å². The number of fused-ring (bicyclic) bond motifs is 1. The lowest BCUT2D eigenvalue weighted by Gasteiger charge is -2.03. The van der Waals surface area contributed by atoms with Gasteiger partial charge in [0.05, 0.1) is 0 Å². The maximum Gasteiger partial charge on any atom is 0.0395 e. The molecule has 1 aromatic carbocycles. The fraction of sp³-hybridized carbons (Fsp3) is 0.111. The Hall–Kier alpha value is 0.490. The number of rotatable bonds is 1. The molecule has 0 aliphatic heterocycles. The van der Waals surface area contributed by atoms with Crippen LogP contribution in [0.25, 0.3) is 10.1 Å². The van der Waals surface area contributed by atoms with Gasteiger partial charge in [-0.25, -0.2) is 0 Å². The van der Waals surface area contributed by atoms with E-state index in [9.17, 15) is 0 Å². The topological polar surface area (TPSA) is 0 Å². The molecule has 0 spiro atoms. The van der Waals surface area contributed by atoms with Crippen molar-refractivity contribution in [2.24, 2.45) is 0 Å². The van der Waals surface area contributed by atoms with Gasteiger partial charge >= 0.3 is 0 Å². The summed E-state index contributed by atoms with van der Waals surface area (Å²) in [7, 11) is 0. The predicted molar refractivity (Wildman–Crippen MR) is 69.4 cm³/mol. The highest BCUT2D eigenvalue weighted by Gasteiger charge is 2.08. The highest BCUT2D eigenvalue weighted by Crippen LogP contribution is 2.36. The second kappa shape index (κ2) is 3.93. The summed E-state index contributed by atoms with van der Waals surface area (Å²) in [4.78, 5) is 1.03. The third-order valence-corrected chi connectivity index (χ3v) is 4.89. The molecule has 0 radical (unpaired) electrons. The van der Waals surface area contributed by atoms with Crippen LogP contribution in [0, 0.1) is 0 Å². The zero-order valence-corrected chi connectivity index (χ0v) is 11.4. The number of benzene rings is 1. The smallest absolute Gasteiger partial charge is 0.0395 e. The molecule has 2 aromatic rings. The molecule has 0 fully saturated rings. The Morgan fingerprint density at radius 2 is 2.23 bits per heavy atom. The van der Waals surface area contributed by atoms with Crippen molar-refractivity contribution in [1.29, 1.82) is 0 Å². The number of thiol groups is 1. The first-order valence-electron chi connectivity index (χ1n) is 3.67. The normalized spacial score (nSPS) is 11.0. The Morgan fingerprint density at radius 3 is 2.92 bits per heavy atom. The number of halogens is 2. The van der Waals surface area contributed by atoms with Crippen molar-refractivity contribution in [3.8, 4) is 0 Å². The molecule has 0 saturated heterocycles. The van der Waals surface area contributed by atoms with E-state index in [-0.39, 0.29) is 0 Å². The Labute approximate surface area is 103 Å². The van der Waals surface area contributed by atoms with Gasteiger partial charge in [-0.2, -0.15) is 0 Å². The highest BCUT2D eigenvalue weighted by atomic mass is 79.9. The molecule has 1 heterocycles. The van der Waals surface area contributed by atoms with Crippen molar-refractivity contribution in [1.82, 2.24) is 0 Å². The molecule has 0 unspecified atom stereocenters. The summed E-state index contributed by atoms with van der Waals surface area (Å²) in [5, 5.41) is 4.22. The minimum absolute atomic E-state index is 0.886. The zero-order valence-electron chi connectivity index (χ0n) is 6.55. The van der Waals surface area contributed by atoms with Crippen LogP contribution in [0.5, 0.6) is 0 Å². The largest absolute Gasteiger partial charge is 0.143 e. The molecule has 0 nitrogen and oxygen atoms in total. The van der Waals surface area contributed by atoms with Gasteiger partial charge in [-0.05, 0) is 39.0 Å². The molecular weight excluding hydrogens is 332 g/mol. The molecule has 68 valence electrons. The second-order valence-corrected chi connectivity index (χ2v) is 5.44. The fourth-order valence-corrected chi connectivity index (χ4v) is 3.62. The van der Waals surface area contributed by atoms with Crippen LogP contribution in [-0.2, 0) is 5.33 Å². The maximum absolute atomic E-state index is 4.46. The van der Waals surface area contributed by atoms with Gasteiger partial charge in [0, 0.05) is 24.8 Å². The Bertz CT molecular complexity index is 448. The van der Waals surface area contributed by atoms with Crippen molar-refractivity contribution < 1.29 is 0 Å². The number of thiophene rings is 1. The van der Waals surface area contributed by atoms with Gasteiger partial charge in [0.2, 0.25) is 0 Å². The van der Waals surface area contributed by atoms with E-state index in [1.54, 1.807) is 11.3 Å². The van der Waals surface area contributed by atoms with E-state index in [1.165, 1.54) is 15.6 Å². The fourth-order valence-electron chi connectivity index (χ4n) is 1.26. The average molecular weight is 338 g/mol. The molecule has 2 rings (SSSR count). The van der Waals surface area contributed by atoms with Gasteiger partial charge in [-0.3, -0.25) is 0 Å². The Balaban J connectivity index is 2.87. The van der Waals surface area contributed by atoms with Crippen LogP contribution >= 0.6 is 55.8 Å². The molecule has 0 bridgehead atoms. The van der Waals surface area contributed by atoms with E-state index >= 15 is 0 Å². The Morgan fingerprint density at radius 1 is 1.46 bits per heavy atom. The quantitative estimate of drug-likeness (QED) is 0.558. The minimum Gasteiger partial charge on any atom is -0.143 e. The van der Waals surface area contributed by atoms with Crippen LogP contribution in [0.1, 0.15) is 5.56 Å². The number of hydrogen-bond donors (Lipinski definition) is 1. The molecule has 0 N–H and O–H groups in total. The van der Waals surface area contributed by atoms with Crippen molar-refractivity contribution in [3.63, 3.8) is 0 Å². The molecule has 0 saturated carbocycles.